The summed E-state index contributed by atoms with van der Waals surface area (Å²) in [5.41, 5.74) is 3.97. The number of anilines is 2. The molecule has 2 aromatic rings. The lowest BCUT2D eigenvalue weighted by Gasteiger charge is -2.33. The van der Waals surface area contributed by atoms with Gasteiger partial charge in [0, 0.05) is 36.1 Å². The predicted molar refractivity (Wildman–Crippen MR) is 123 cm³/mol. The number of amides is 2. The Hall–Kier alpha value is -2.82. The highest BCUT2D eigenvalue weighted by Gasteiger charge is 2.22. The zero-order valence-corrected chi connectivity index (χ0v) is 18.5. The summed E-state index contributed by atoms with van der Waals surface area (Å²) in [6.45, 7) is 10.1. The number of nitrogens with one attached hydrogen (secondary N) is 2. The number of piperidine rings is 1. The van der Waals surface area contributed by atoms with E-state index in [0.717, 1.165) is 38.0 Å². The smallest absolute Gasteiger partial charge is 0.255 e. The van der Waals surface area contributed by atoms with Crippen LogP contribution in [0, 0.1) is 5.92 Å². The molecule has 30 heavy (non-hydrogen) atoms. The predicted octanol–water partition coefficient (Wildman–Crippen LogP) is 4.88. The lowest BCUT2D eigenvalue weighted by molar-refractivity contribution is 0.0942. The molecule has 1 heterocycles. The molecule has 2 amide bonds. The molecule has 5 nitrogen and oxygen atoms in total. The number of hydrogen-bond acceptors (Lipinski definition) is 3. The molecule has 0 bridgehead atoms. The van der Waals surface area contributed by atoms with Crippen LogP contribution in [0.25, 0.3) is 0 Å². The van der Waals surface area contributed by atoms with E-state index in [9.17, 15) is 9.59 Å². The third-order valence-electron chi connectivity index (χ3n) is 5.67. The van der Waals surface area contributed by atoms with Gasteiger partial charge in [-0.3, -0.25) is 9.59 Å². The van der Waals surface area contributed by atoms with Gasteiger partial charge in [0.05, 0.1) is 5.56 Å². The summed E-state index contributed by atoms with van der Waals surface area (Å²) in [6, 6.07) is 13.3. The molecule has 0 spiro atoms. The van der Waals surface area contributed by atoms with Crippen LogP contribution in [0.2, 0.25) is 0 Å². The molecule has 0 aliphatic carbocycles. The number of nitrogens with zero attached hydrogens (tertiary/aromatic N) is 1. The largest absolute Gasteiger partial charge is 0.371 e. The Balaban J connectivity index is 1.84. The maximum absolute atomic E-state index is 12.9. The Kier molecular flexibility index (Phi) is 7.14. The molecule has 1 aliphatic heterocycles. The molecule has 5 heteroatoms. The highest BCUT2D eigenvalue weighted by atomic mass is 16.2. The van der Waals surface area contributed by atoms with E-state index in [-0.39, 0.29) is 17.9 Å². The van der Waals surface area contributed by atoms with Crippen LogP contribution in [0.3, 0.4) is 0 Å². The minimum absolute atomic E-state index is 0.0436. The fourth-order valence-electron chi connectivity index (χ4n) is 3.76. The van der Waals surface area contributed by atoms with Crippen LogP contribution in [0.15, 0.2) is 42.5 Å². The van der Waals surface area contributed by atoms with Crippen LogP contribution in [0.4, 0.5) is 11.4 Å². The van der Waals surface area contributed by atoms with E-state index in [1.165, 1.54) is 5.56 Å². The van der Waals surface area contributed by atoms with Crippen molar-refractivity contribution < 1.29 is 9.59 Å². The fraction of sp³-hybridized carbons (Fsp3) is 0.440. The number of aryl methyl sites for hydroxylation is 1. The van der Waals surface area contributed by atoms with E-state index in [2.05, 4.69) is 29.4 Å². The molecule has 1 fully saturated rings. The van der Waals surface area contributed by atoms with Crippen molar-refractivity contribution in [1.82, 2.24) is 5.32 Å². The van der Waals surface area contributed by atoms with Crippen molar-refractivity contribution >= 4 is 23.2 Å². The van der Waals surface area contributed by atoms with E-state index < -0.39 is 0 Å². The fourth-order valence-corrected chi connectivity index (χ4v) is 3.76. The van der Waals surface area contributed by atoms with Crippen LogP contribution in [0.1, 0.15) is 66.8 Å². The van der Waals surface area contributed by atoms with Gasteiger partial charge in [0.15, 0.2) is 0 Å². The molecule has 1 aliphatic rings. The standard InChI is InChI=1S/C25H33N3O2/c1-5-19-6-8-20(9-7-19)24(29)27-21-10-11-23(28-14-12-18(4)13-15-28)22(16-21)25(30)26-17(2)3/h6-11,16-18H,5,12-15H2,1-4H3,(H,26,30)(H,27,29). The Labute approximate surface area is 179 Å². The topological polar surface area (TPSA) is 61.4 Å². The summed E-state index contributed by atoms with van der Waals surface area (Å²) >= 11 is 0. The second kappa shape index (κ2) is 9.79. The first kappa shape index (κ1) is 21.9. The Morgan fingerprint density at radius 2 is 1.70 bits per heavy atom. The van der Waals surface area contributed by atoms with Crippen LogP contribution in [-0.4, -0.2) is 30.9 Å². The van der Waals surface area contributed by atoms with Gasteiger partial charge in [0.2, 0.25) is 0 Å². The Bertz CT molecular complexity index is 882. The molecule has 160 valence electrons. The first-order valence-electron chi connectivity index (χ1n) is 11.0. The van der Waals surface area contributed by atoms with Crippen molar-refractivity contribution in [3.8, 4) is 0 Å². The zero-order valence-electron chi connectivity index (χ0n) is 18.5. The van der Waals surface area contributed by atoms with Gasteiger partial charge in [-0.2, -0.15) is 0 Å². The maximum atomic E-state index is 12.9. The van der Waals surface area contributed by atoms with Crippen molar-refractivity contribution in [2.75, 3.05) is 23.3 Å². The van der Waals surface area contributed by atoms with Crippen molar-refractivity contribution in [2.24, 2.45) is 5.92 Å². The van der Waals surface area contributed by atoms with E-state index >= 15 is 0 Å². The molecule has 2 N–H and O–H groups in total. The highest BCUT2D eigenvalue weighted by Crippen LogP contribution is 2.29. The molecular weight excluding hydrogens is 374 g/mol. The highest BCUT2D eigenvalue weighted by molar-refractivity contribution is 6.06. The minimum Gasteiger partial charge on any atom is -0.371 e. The quantitative estimate of drug-likeness (QED) is 0.718. The third-order valence-corrected chi connectivity index (χ3v) is 5.67. The molecule has 0 unspecified atom stereocenters. The van der Waals surface area contributed by atoms with Crippen molar-refractivity contribution in [3.05, 3.63) is 59.2 Å². The second-order valence-corrected chi connectivity index (χ2v) is 8.53. The number of rotatable bonds is 6. The van der Waals surface area contributed by atoms with Crippen LogP contribution < -0.4 is 15.5 Å². The SMILES string of the molecule is CCc1ccc(C(=O)Nc2ccc(N3CCC(C)CC3)c(C(=O)NC(C)C)c2)cc1. The van der Waals surface area contributed by atoms with Crippen molar-refractivity contribution in [1.29, 1.82) is 0 Å². The van der Waals surface area contributed by atoms with Gasteiger partial charge < -0.3 is 15.5 Å². The van der Waals surface area contributed by atoms with Gasteiger partial charge in [0.25, 0.3) is 11.8 Å². The molecule has 0 saturated carbocycles. The second-order valence-electron chi connectivity index (χ2n) is 8.53. The summed E-state index contributed by atoms with van der Waals surface area (Å²) in [6.07, 6.45) is 3.18. The van der Waals surface area contributed by atoms with Gasteiger partial charge in [-0.05, 0) is 74.9 Å². The number of carbonyl (C=O) groups is 2. The van der Waals surface area contributed by atoms with Gasteiger partial charge >= 0.3 is 0 Å². The lowest BCUT2D eigenvalue weighted by atomic mass is 9.97. The van der Waals surface area contributed by atoms with Gasteiger partial charge in [-0.1, -0.05) is 26.0 Å². The first-order valence-corrected chi connectivity index (χ1v) is 11.0. The Morgan fingerprint density at radius 3 is 2.30 bits per heavy atom. The molecule has 0 aromatic heterocycles. The number of carbonyl (C=O) groups excluding carboxylic acids is 2. The van der Waals surface area contributed by atoms with Crippen LogP contribution in [0.5, 0.6) is 0 Å². The Morgan fingerprint density at radius 1 is 1.03 bits per heavy atom. The van der Waals surface area contributed by atoms with E-state index in [1.807, 2.05) is 50.2 Å². The van der Waals surface area contributed by atoms with E-state index in [4.69, 9.17) is 0 Å². The van der Waals surface area contributed by atoms with E-state index in [1.54, 1.807) is 6.07 Å². The third kappa shape index (κ3) is 5.41. The first-order chi connectivity index (χ1) is 14.4. The average Bonchev–Trinajstić information content (AvgIpc) is 2.74. The van der Waals surface area contributed by atoms with Crippen molar-refractivity contribution in [3.63, 3.8) is 0 Å². The normalized spacial score (nSPS) is 14.6. The van der Waals surface area contributed by atoms with Crippen LogP contribution in [-0.2, 0) is 6.42 Å². The summed E-state index contributed by atoms with van der Waals surface area (Å²) in [5, 5.41) is 5.94. The molecule has 0 radical (unpaired) electrons. The molecule has 2 aromatic carbocycles. The summed E-state index contributed by atoms with van der Waals surface area (Å²) in [4.78, 5) is 27.9. The zero-order chi connectivity index (χ0) is 21.7. The number of hydrogen-bond donors (Lipinski definition) is 2. The lowest BCUT2D eigenvalue weighted by Crippen LogP contribution is -2.36. The summed E-state index contributed by atoms with van der Waals surface area (Å²) < 4.78 is 0. The van der Waals surface area contributed by atoms with E-state index in [0.29, 0.717) is 22.7 Å². The van der Waals surface area contributed by atoms with Gasteiger partial charge in [0.1, 0.15) is 0 Å². The number of benzene rings is 2. The van der Waals surface area contributed by atoms with Crippen LogP contribution >= 0.6 is 0 Å². The molecular formula is C25H33N3O2. The molecule has 1 saturated heterocycles. The van der Waals surface area contributed by atoms with Crippen molar-refractivity contribution in [2.45, 2.75) is 53.0 Å². The summed E-state index contributed by atoms with van der Waals surface area (Å²) in [5.74, 6) is 0.432. The molecule has 0 atom stereocenters. The maximum Gasteiger partial charge on any atom is 0.255 e. The van der Waals surface area contributed by atoms with Gasteiger partial charge in [-0.15, -0.1) is 0 Å². The molecule has 3 rings (SSSR count). The average molecular weight is 408 g/mol. The van der Waals surface area contributed by atoms with Gasteiger partial charge in [-0.25, -0.2) is 0 Å². The summed E-state index contributed by atoms with van der Waals surface area (Å²) in [7, 11) is 0. The monoisotopic (exact) mass is 407 g/mol. The minimum atomic E-state index is -0.174.